The molecule has 0 aromatic heterocycles. The lowest BCUT2D eigenvalue weighted by Crippen LogP contribution is -2.28. The molecule has 20 heavy (non-hydrogen) atoms. The van der Waals surface area contributed by atoms with Crippen molar-refractivity contribution in [3.8, 4) is 0 Å². The lowest BCUT2D eigenvalue weighted by atomic mass is 10.1. The number of benzene rings is 2. The Labute approximate surface area is 128 Å². The second-order valence-corrected chi connectivity index (χ2v) is 4.97. The van der Waals surface area contributed by atoms with Crippen LogP contribution in [0.3, 0.4) is 0 Å². The number of hydrogen-bond acceptors (Lipinski definition) is 2. The van der Waals surface area contributed by atoms with Crippen LogP contribution in [0.5, 0.6) is 0 Å². The number of halogens is 1. The van der Waals surface area contributed by atoms with Crippen LogP contribution in [-0.4, -0.2) is 18.0 Å². The normalized spacial score (nSPS) is 10.3. The molecule has 0 bridgehead atoms. The molecule has 0 amide bonds. The molecule has 0 unspecified atom stereocenters. The van der Waals surface area contributed by atoms with Crippen molar-refractivity contribution in [2.45, 2.75) is 20.0 Å². The standard InChI is InChI=1S/C17H22N2.ClH/c1-15-6-5-9-17(12-15)14-19(11-10-18)13-16-7-3-2-4-8-16;/h2-9,12H,10-11,13-14,18H2,1H3;1H. The minimum atomic E-state index is 0. The molecule has 0 radical (unpaired) electrons. The van der Waals surface area contributed by atoms with Gasteiger partial charge in [-0.15, -0.1) is 12.4 Å². The number of nitrogens with zero attached hydrogens (tertiary/aromatic N) is 1. The highest BCUT2D eigenvalue weighted by Crippen LogP contribution is 2.11. The summed E-state index contributed by atoms with van der Waals surface area (Å²) < 4.78 is 0. The Morgan fingerprint density at radius 2 is 1.55 bits per heavy atom. The van der Waals surface area contributed by atoms with E-state index in [1.54, 1.807) is 0 Å². The summed E-state index contributed by atoms with van der Waals surface area (Å²) in [5.41, 5.74) is 9.72. The van der Waals surface area contributed by atoms with Crippen LogP contribution in [-0.2, 0) is 13.1 Å². The smallest absolute Gasteiger partial charge is 0.0237 e. The number of rotatable bonds is 6. The molecule has 2 rings (SSSR count). The first-order chi connectivity index (χ1) is 9.28. The molecule has 0 saturated heterocycles. The van der Waals surface area contributed by atoms with E-state index in [2.05, 4.69) is 66.4 Å². The van der Waals surface area contributed by atoms with Gasteiger partial charge in [0.15, 0.2) is 0 Å². The molecule has 2 nitrogen and oxygen atoms in total. The zero-order valence-electron chi connectivity index (χ0n) is 12.0. The highest BCUT2D eigenvalue weighted by Gasteiger charge is 2.06. The van der Waals surface area contributed by atoms with Gasteiger partial charge in [0, 0.05) is 26.2 Å². The maximum atomic E-state index is 5.72. The molecule has 0 heterocycles. The molecular weight excluding hydrogens is 268 g/mol. The summed E-state index contributed by atoms with van der Waals surface area (Å²) in [6.07, 6.45) is 0. The highest BCUT2D eigenvalue weighted by atomic mass is 35.5. The van der Waals surface area contributed by atoms with Gasteiger partial charge in [0.25, 0.3) is 0 Å². The van der Waals surface area contributed by atoms with E-state index in [-0.39, 0.29) is 12.4 Å². The summed E-state index contributed by atoms with van der Waals surface area (Å²) in [5, 5.41) is 0. The van der Waals surface area contributed by atoms with E-state index in [0.717, 1.165) is 19.6 Å². The van der Waals surface area contributed by atoms with Crippen LogP contribution >= 0.6 is 12.4 Å². The molecule has 2 N–H and O–H groups in total. The van der Waals surface area contributed by atoms with Crippen LogP contribution in [0.25, 0.3) is 0 Å². The fourth-order valence-electron chi connectivity index (χ4n) is 2.31. The first-order valence-corrected chi connectivity index (χ1v) is 6.80. The zero-order chi connectivity index (χ0) is 13.5. The largest absolute Gasteiger partial charge is 0.329 e. The van der Waals surface area contributed by atoms with Crippen LogP contribution in [0.4, 0.5) is 0 Å². The minimum Gasteiger partial charge on any atom is -0.329 e. The van der Waals surface area contributed by atoms with Gasteiger partial charge in [0.2, 0.25) is 0 Å². The average molecular weight is 291 g/mol. The summed E-state index contributed by atoms with van der Waals surface area (Å²) in [5.74, 6) is 0. The van der Waals surface area contributed by atoms with E-state index in [4.69, 9.17) is 5.73 Å². The fraction of sp³-hybridized carbons (Fsp3) is 0.294. The summed E-state index contributed by atoms with van der Waals surface area (Å²) >= 11 is 0. The quantitative estimate of drug-likeness (QED) is 0.884. The predicted octanol–water partition coefficient (Wildman–Crippen LogP) is 3.38. The molecule has 3 heteroatoms. The van der Waals surface area contributed by atoms with Crippen LogP contribution in [0.1, 0.15) is 16.7 Å². The minimum absolute atomic E-state index is 0. The maximum Gasteiger partial charge on any atom is 0.0237 e. The molecule has 0 saturated carbocycles. The molecule has 0 aliphatic carbocycles. The summed E-state index contributed by atoms with van der Waals surface area (Å²) in [4.78, 5) is 2.39. The number of hydrogen-bond donors (Lipinski definition) is 1. The fourth-order valence-corrected chi connectivity index (χ4v) is 2.31. The van der Waals surface area contributed by atoms with E-state index in [0.29, 0.717) is 6.54 Å². The Hall–Kier alpha value is -1.35. The van der Waals surface area contributed by atoms with Gasteiger partial charge in [0.1, 0.15) is 0 Å². The first-order valence-electron chi connectivity index (χ1n) is 6.80. The lowest BCUT2D eigenvalue weighted by Gasteiger charge is -2.22. The van der Waals surface area contributed by atoms with Gasteiger partial charge >= 0.3 is 0 Å². The summed E-state index contributed by atoms with van der Waals surface area (Å²) in [6, 6.07) is 19.2. The van der Waals surface area contributed by atoms with Crippen molar-refractivity contribution >= 4 is 12.4 Å². The Morgan fingerprint density at radius 1 is 0.900 bits per heavy atom. The molecule has 0 aliphatic rings. The Balaban J connectivity index is 0.00000200. The molecule has 0 spiro atoms. The SMILES string of the molecule is Cc1cccc(CN(CCN)Cc2ccccc2)c1.Cl. The van der Waals surface area contributed by atoms with Crippen molar-refractivity contribution in [3.05, 3.63) is 71.3 Å². The van der Waals surface area contributed by atoms with Crippen molar-refractivity contribution in [2.24, 2.45) is 5.73 Å². The van der Waals surface area contributed by atoms with Gasteiger partial charge in [-0.3, -0.25) is 4.90 Å². The maximum absolute atomic E-state index is 5.72. The number of nitrogens with two attached hydrogens (primary N) is 1. The van der Waals surface area contributed by atoms with Crippen molar-refractivity contribution < 1.29 is 0 Å². The Kier molecular flexibility index (Phi) is 7.31. The van der Waals surface area contributed by atoms with Crippen molar-refractivity contribution in [1.29, 1.82) is 0 Å². The molecule has 0 atom stereocenters. The topological polar surface area (TPSA) is 29.3 Å². The molecule has 0 aliphatic heterocycles. The van der Waals surface area contributed by atoms with Crippen LogP contribution in [0.2, 0.25) is 0 Å². The van der Waals surface area contributed by atoms with Crippen molar-refractivity contribution in [2.75, 3.05) is 13.1 Å². The molecular formula is C17H23ClN2. The monoisotopic (exact) mass is 290 g/mol. The van der Waals surface area contributed by atoms with Gasteiger partial charge in [-0.1, -0.05) is 60.2 Å². The van der Waals surface area contributed by atoms with E-state index >= 15 is 0 Å². The van der Waals surface area contributed by atoms with E-state index < -0.39 is 0 Å². The van der Waals surface area contributed by atoms with E-state index in [1.807, 2.05) is 0 Å². The van der Waals surface area contributed by atoms with Crippen molar-refractivity contribution in [3.63, 3.8) is 0 Å². The average Bonchev–Trinajstić information content (AvgIpc) is 2.40. The Morgan fingerprint density at radius 3 is 2.20 bits per heavy atom. The van der Waals surface area contributed by atoms with Gasteiger partial charge in [-0.25, -0.2) is 0 Å². The second kappa shape index (κ2) is 8.75. The lowest BCUT2D eigenvalue weighted by molar-refractivity contribution is 0.264. The zero-order valence-corrected chi connectivity index (χ0v) is 12.8. The van der Waals surface area contributed by atoms with Gasteiger partial charge in [-0.2, -0.15) is 0 Å². The van der Waals surface area contributed by atoms with Gasteiger partial charge < -0.3 is 5.73 Å². The predicted molar refractivity (Wildman–Crippen MR) is 88.0 cm³/mol. The Bertz CT molecular complexity index is 499. The van der Waals surface area contributed by atoms with Crippen molar-refractivity contribution in [1.82, 2.24) is 4.90 Å². The first kappa shape index (κ1) is 16.7. The van der Waals surface area contributed by atoms with E-state index in [9.17, 15) is 0 Å². The molecule has 0 fully saturated rings. The summed E-state index contributed by atoms with van der Waals surface area (Å²) in [6.45, 7) is 5.65. The third-order valence-electron chi connectivity index (χ3n) is 3.18. The van der Waals surface area contributed by atoms with Gasteiger partial charge in [0.05, 0.1) is 0 Å². The van der Waals surface area contributed by atoms with Crippen LogP contribution in [0.15, 0.2) is 54.6 Å². The molecule has 108 valence electrons. The third-order valence-corrected chi connectivity index (χ3v) is 3.18. The second-order valence-electron chi connectivity index (χ2n) is 4.97. The molecule has 2 aromatic rings. The highest BCUT2D eigenvalue weighted by molar-refractivity contribution is 5.85. The van der Waals surface area contributed by atoms with Gasteiger partial charge in [-0.05, 0) is 18.1 Å². The summed E-state index contributed by atoms with van der Waals surface area (Å²) in [7, 11) is 0. The molecule has 2 aromatic carbocycles. The van der Waals surface area contributed by atoms with Crippen LogP contribution in [0, 0.1) is 6.92 Å². The third kappa shape index (κ3) is 5.33. The number of aryl methyl sites for hydroxylation is 1. The van der Waals surface area contributed by atoms with Crippen LogP contribution < -0.4 is 5.73 Å². The van der Waals surface area contributed by atoms with E-state index in [1.165, 1.54) is 16.7 Å².